The summed E-state index contributed by atoms with van der Waals surface area (Å²) in [6.45, 7) is 4.45. The molecule has 1 aromatic carbocycles. The van der Waals surface area contributed by atoms with E-state index in [1.54, 1.807) is 51.0 Å². The Balaban J connectivity index is 2.69. The molecule has 0 spiro atoms. The first-order chi connectivity index (χ1) is 9.44. The van der Waals surface area contributed by atoms with Crippen molar-refractivity contribution in [2.45, 2.75) is 25.8 Å². The molecule has 0 amide bonds. The van der Waals surface area contributed by atoms with Crippen molar-refractivity contribution in [3.8, 4) is 0 Å². The molecule has 112 valence electrons. The molecule has 1 rings (SSSR count). The summed E-state index contributed by atoms with van der Waals surface area (Å²) < 4.78 is 18.7. The highest BCUT2D eigenvalue weighted by Crippen LogP contribution is 2.19. The van der Waals surface area contributed by atoms with Crippen molar-refractivity contribution in [1.29, 1.82) is 0 Å². The largest absolute Gasteiger partial charge is 0.465 e. The van der Waals surface area contributed by atoms with E-state index in [9.17, 15) is 9.18 Å². The zero-order valence-corrected chi connectivity index (χ0v) is 12.6. The molecule has 0 bridgehead atoms. The van der Waals surface area contributed by atoms with E-state index in [4.69, 9.17) is 4.74 Å². The lowest BCUT2D eigenvalue weighted by molar-refractivity contribution is -0.150. The van der Waals surface area contributed by atoms with Crippen LogP contribution in [0.4, 0.5) is 10.1 Å². The molecule has 20 heavy (non-hydrogen) atoms. The molecule has 1 aromatic rings. The third-order valence-electron chi connectivity index (χ3n) is 3.49. The number of carbonyl (C=O) groups excluding carboxylic acids is 1. The van der Waals surface area contributed by atoms with E-state index in [1.807, 2.05) is 0 Å². The average Bonchev–Trinajstić information content (AvgIpc) is 2.45. The summed E-state index contributed by atoms with van der Waals surface area (Å²) in [6.07, 6.45) is 0.521. The van der Waals surface area contributed by atoms with Crippen molar-refractivity contribution in [3.63, 3.8) is 0 Å². The third kappa shape index (κ3) is 3.93. The number of esters is 1. The number of likely N-dealkylation sites (N-methyl/N-ethyl adjacent to an activating group) is 1. The summed E-state index contributed by atoms with van der Waals surface area (Å²) in [5.74, 6) is -0.554. The molecule has 0 aromatic heterocycles. The van der Waals surface area contributed by atoms with Crippen LogP contribution in [0.2, 0.25) is 0 Å². The van der Waals surface area contributed by atoms with E-state index in [0.717, 1.165) is 0 Å². The van der Waals surface area contributed by atoms with Gasteiger partial charge >= 0.3 is 5.97 Å². The fraction of sp³-hybridized carbons (Fsp3) is 0.533. The monoisotopic (exact) mass is 282 g/mol. The van der Waals surface area contributed by atoms with Gasteiger partial charge in [0.25, 0.3) is 0 Å². The second-order valence-corrected chi connectivity index (χ2v) is 4.93. The van der Waals surface area contributed by atoms with Crippen molar-refractivity contribution in [2.75, 3.05) is 32.1 Å². The first-order valence-corrected chi connectivity index (χ1v) is 6.76. The predicted molar refractivity (Wildman–Crippen MR) is 78.4 cm³/mol. The van der Waals surface area contributed by atoms with Gasteiger partial charge in [0.05, 0.1) is 12.3 Å². The van der Waals surface area contributed by atoms with Crippen LogP contribution in [0.15, 0.2) is 24.3 Å². The number of halogens is 1. The Labute approximate surface area is 119 Å². The van der Waals surface area contributed by atoms with E-state index >= 15 is 0 Å². The van der Waals surface area contributed by atoms with E-state index in [-0.39, 0.29) is 11.8 Å². The van der Waals surface area contributed by atoms with Crippen LogP contribution in [0.5, 0.6) is 0 Å². The number of hydrogen-bond donors (Lipinski definition) is 1. The SMILES string of the molecule is CCOC(=O)C(C)(CCN(C)c1ccccc1F)NC. The van der Waals surface area contributed by atoms with Gasteiger partial charge in [0, 0.05) is 13.6 Å². The molecule has 1 N–H and O–H groups in total. The summed E-state index contributed by atoms with van der Waals surface area (Å²) in [5, 5.41) is 2.99. The predicted octanol–water partition coefficient (Wildman–Crippen LogP) is 2.19. The number of nitrogens with zero attached hydrogens (tertiary/aromatic N) is 1. The number of rotatable bonds is 7. The minimum atomic E-state index is -0.768. The molecule has 4 nitrogen and oxygen atoms in total. The standard InChI is InChI=1S/C15H23FN2O2/c1-5-20-14(19)15(2,17-3)10-11-18(4)13-9-7-6-8-12(13)16/h6-9,17H,5,10-11H2,1-4H3. The van der Waals surface area contributed by atoms with Crippen LogP contribution in [0.25, 0.3) is 0 Å². The summed E-state index contributed by atoms with van der Waals surface area (Å²) in [5.41, 5.74) is -0.245. The molecule has 0 radical (unpaired) electrons. The van der Waals surface area contributed by atoms with Crippen LogP contribution in [0.3, 0.4) is 0 Å². The van der Waals surface area contributed by atoms with Gasteiger partial charge in [-0.05, 0) is 39.4 Å². The minimum Gasteiger partial charge on any atom is -0.465 e. The average molecular weight is 282 g/mol. The Morgan fingerprint density at radius 2 is 2.10 bits per heavy atom. The van der Waals surface area contributed by atoms with E-state index < -0.39 is 5.54 Å². The van der Waals surface area contributed by atoms with Gasteiger partial charge in [-0.1, -0.05) is 12.1 Å². The van der Waals surface area contributed by atoms with Gasteiger partial charge in [-0.15, -0.1) is 0 Å². The van der Waals surface area contributed by atoms with E-state index in [2.05, 4.69) is 5.32 Å². The molecule has 0 aliphatic rings. The minimum absolute atomic E-state index is 0.266. The Bertz CT molecular complexity index is 453. The highest BCUT2D eigenvalue weighted by atomic mass is 19.1. The second kappa shape index (κ2) is 7.24. The van der Waals surface area contributed by atoms with Gasteiger partial charge in [0.2, 0.25) is 0 Å². The molecule has 0 saturated carbocycles. The van der Waals surface area contributed by atoms with Gasteiger partial charge in [-0.3, -0.25) is 4.79 Å². The van der Waals surface area contributed by atoms with Crippen LogP contribution >= 0.6 is 0 Å². The lowest BCUT2D eigenvalue weighted by Gasteiger charge is -2.29. The lowest BCUT2D eigenvalue weighted by atomic mass is 9.98. The lowest BCUT2D eigenvalue weighted by Crippen LogP contribution is -2.50. The normalized spacial score (nSPS) is 13.7. The first kappa shape index (κ1) is 16.4. The van der Waals surface area contributed by atoms with E-state index in [0.29, 0.717) is 25.3 Å². The van der Waals surface area contributed by atoms with Crippen molar-refractivity contribution >= 4 is 11.7 Å². The van der Waals surface area contributed by atoms with Gasteiger partial charge in [-0.2, -0.15) is 0 Å². The molecule has 1 atom stereocenters. The van der Waals surface area contributed by atoms with Crippen LogP contribution in [-0.4, -0.2) is 38.8 Å². The van der Waals surface area contributed by atoms with Gasteiger partial charge in [0.1, 0.15) is 11.4 Å². The number of hydrogen-bond acceptors (Lipinski definition) is 4. The molecule has 0 aliphatic heterocycles. The maximum Gasteiger partial charge on any atom is 0.326 e. The quantitative estimate of drug-likeness (QED) is 0.778. The topological polar surface area (TPSA) is 41.6 Å². The molecule has 0 aliphatic carbocycles. The van der Waals surface area contributed by atoms with Crippen LogP contribution in [0.1, 0.15) is 20.3 Å². The molecule has 1 unspecified atom stereocenters. The highest BCUT2D eigenvalue weighted by Gasteiger charge is 2.33. The second-order valence-electron chi connectivity index (χ2n) is 4.93. The Morgan fingerprint density at radius 1 is 1.45 bits per heavy atom. The Morgan fingerprint density at radius 3 is 2.65 bits per heavy atom. The summed E-state index contributed by atoms with van der Waals surface area (Å²) in [4.78, 5) is 13.7. The van der Waals surface area contributed by atoms with Crippen molar-refractivity contribution in [1.82, 2.24) is 5.32 Å². The molecular formula is C15H23FN2O2. The number of para-hydroxylation sites is 1. The maximum absolute atomic E-state index is 13.7. The van der Waals surface area contributed by atoms with Crippen molar-refractivity contribution in [3.05, 3.63) is 30.1 Å². The smallest absolute Gasteiger partial charge is 0.326 e. The number of ether oxygens (including phenoxy) is 1. The molecule has 5 heteroatoms. The summed E-state index contributed by atoms with van der Waals surface area (Å²) in [6, 6.07) is 6.59. The third-order valence-corrected chi connectivity index (χ3v) is 3.49. The zero-order valence-electron chi connectivity index (χ0n) is 12.6. The fourth-order valence-electron chi connectivity index (χ4n) is 1.89. The van der Waals surface area contributed by atoms with Gasteiger partial charge < -0.3 is 15.0 Å². The number of benzene rings is 1. The summed E-state index contributed by atoms with van der Waals surface area (Å²) in [7, 11) is 3.53. The fourth-order valence-corrected chi connectivity index (χ4v) is 1.89. The van der Waals surface area contributed by atoms with Crippen LogP contribution < -0.4 is 10.2 Å². The first-order valence-electron chi connectivity index (χ1n) is 6.76. The Kier molecular flexibility index (Phi) is 5.95. The number of anilines is 1. The zero-order chi connectivity index (χ0) is 15.2. The Hall–Kier alpha value is -1.62. The van der Waals surface area contributed by atoms with Crippen LogP contribution in [0, 0.1) is 5.82 Å². The highest BCUT2D eigenvalue weighted by molar-refractivity contribution is 5.80. The number of nitrogens with one attached hydrogen (secondary N) is 1. The van der Waals surface area contributed by atoms with Crippen LogP contribution in [-0.2, 0) is 9.53 Å². The maximum atomic E-state index is 13.7. The van der Waals surface area contributed by atoms with Crippen molar-refractivity contribution < 1.29 is 13.9 Å². The molecule has 0 saturated heterocycles. The van der Waals surface area contributed by atoms with Crippen molar-refractivity contribution in [2.24, 2.45) is 0 Å². The van der Waals surface area contributed by atoms with Gasteiger partial charge in [-0.25, -0.2) is 4.39 Å². The van der Waals surface area contributed by atoms with E-state index in [1.165, 1.54) is 6.07 Å². The number of carbonyl (C=O) groups is 1. The van der Waals surface area contributed by atoms with Gasteiger partial charge in [0.15, 0.2) is 0 Å². The molecule has 0 fully saturated rings. The molecular weight excluding hydrogens is 259 g/mol. The summed E-state index contributed by atoms with van der Waals surface area (Å²) >= 11 is 0. The molecule has 0 heterocycles.